The highest BCUT2D eigenvalue weighted by Crippen LogP contribution is 2.25. The Morgan fingerprint density at radius 3 is 2.53 bits per heavy atom. The van der Waals surface area contributed by atoms with Crippen LogP contribution in [0.2, 0.25) is 0 Å². The van der Waals surface area contributed by atoms with Gasteiger partial charge in [0, 0.05) is 43.3 Å². The van der Waals surface area contributed by atoms with E-state index in [1.165, 1.54) is 11.3 Å². The molecule has 1 aromatic carbocycles. The third kappa shape index (κ3) is 4.47. The first-order valence-electron chi connectivity index (χ1n) is 9.20. The van der Waals surface area contributed by atoms with Gasteiger partial charge in [0.1, 0.15) is 5.82 Å². The molecule has 0 aliphatic carbocycles. The van der Waals surface area contributed by atoms with E-state index in [2.05, 4.69) is 25.8 Å². The molecule has 3 aromatic heterocycles. The molecule has 0 unspecified atom stereocenters. The Hall–Kier alpha value is -3.72. The lowest BCUT2D eigenvalue weighted by Gasteiger charge is -2.14. The zero-order valence-corrected chi connectivity index (χ0v) is 17.5. The normalized spacial score (nSPS) is 10.6. The summed E-state index contributed by atoms with van der Waals surface area (Å²) in [5, 5.41) is 11.8. The second-order valence-corrected chi connectivity index (χ2v) is 7.74. The molecule has 0 atom stereocenters. The van der Waals surface area contributed by atoms with Crippen LogP contribution in [0.3, 0.4) is 0 Å². The molecule has 0 fully saturated rings. The van der Waals surface area contributed by atoms with Crippen molar-refractivity contribution in [3.05, 3.63) is 65.3 Å². The first kappa shape index (κ1) is 19.6. The number of thiophene rings is 1. The van der Waals surface area contributed by atoms with E-state index in [1.807, 2.05) is 61.6 Å². The summed E-state index contributed by atoms with van der Waals surface area (Å²) >= 11 is 1.53. The maximum Gasteiger partial charge on any atom is 0.277 e. The summed E-state index contributed by atoms with van der Waals surface area (Å²) in [6.45, 7) is 1.92. The van der Waals surface area contributed by atoms with Gasteiger partial charge in [0.25, 0.3) is 5.91 Å². The van der Waals surface area contributed by atoms with E-state index < -0.39 is 0 Å². The number of carbonyl (C=O) groups is 1. The van der Waals surface area contributed by atoms with Gasteiger partial charge in [-0.3, -0.25) is 4.79 Å². The van der Waals surface area contributed by atoms with Crippen LogP contribution in [-0.4, -0.2) is 35.1 Å². The van der Waals surface area contributed by atoms with Crippen molar-refractivity contribution in [3.8, 4) is 10.6 Å². The lowest BCUT2D eigenvalue weighted by molar-refractivity contribution is 0.101. The van der Waals surface area contributed by atoms with E-state index in [-0.39, 0.29) is 11.6 Å². The minimum atomic E-state index is -0.333. The second-order valence-electron chi connectivity index (χ2n) is 6.80. The number of amides is 1. The average Bonchev–Trinajstić information content (AvgIpc) is 3.41. The number of aryl methyl sites for hydroxylation is 1. The Morgan fingerprint density at radius 2 is 1.83 bits per heavy atom. The zero-order valence-electron chi connectivity index (χ0n) is 16.7. The van der Waals surface area contributed by atoms with Gasteiger partial charge >= 0.3 is 0 Å². The molecule has 4 rings (SSSR count). The van der Waals surface area contributed by atoms with Crippen LogP contribution in [0.15, 0.2) is 58.4 Å². The highest BCUT2D eigenvalue weighted by Gasteiger charge is 2.14. The topological polar surface area (TPSA) is 96.2 Å². The van der Waals surface area contributed by atoms with Gasteiger partial charge in [0.15, 0.2) is 11.5 Å². The van der Waals surface area contributed by atoms with Gasteiger partial charge in [-0.25, -0.2) is 4.98 Å². The van der Waals surface area contributed by atoms with Gasteiger partial charge in [-0.15, -0.1) is 11.3 Å². The summed E-state index contributed by atoms with van der Waals surface area (Å²) < 4.78 is 5.26. The Labute approximate surface area is 177 Å². The summed E-state index contributed by atoms with van der Waals surface area (Å²) in [6, 6.07) is 14.7. The SMILES string of the molecule is Cc1cc(N(C)C)nc(Nc2ccc(NC(=O)c3cc(-c4cccs4)on3)cc2)n1. The summed E-state index contributed by atoms with van der Waals surface area (Å²) in [5.41, 5.74) is 2.55. The molecular formula is C21H20N6O2S. The number of nitrogens with one attached hydrogen (secondary N) is 2. The summed E-state index contributed by atoms with van der Waals surface area (Å²) in [6.07, 6.45) is 0. The molecule has 0 aliphatic rings. The quantitative estimate of drug-likeness (QED) is 0.472. The smallest absolute Gasteiger partial charge is 0.277 e. The molecule has 3 heterocycles. The Kier molecular flexibility index (Phi) is 5.44. The molecule has 8 nitrogen and oxygen atoms in total. The lowest BCUT2D eigenvalue weighted by Crippen LogP contribution is -2.13. The molecule has 152 valence electrons. The first-order valence-corrected chi connectivity index (χ1v) is 10.1. The number of aromatic nitrogens is 3. The molecule has 0 saturated heterocycles. The number of rotatable bonds is 6. The van der Waals surface area contributed by atoms with Gasteiger partial charge in [0.2, 0.25) is 5.95 Å². The van der Waals surface area contributed by atoms with Crippen LogP contribution in [0, 0.1) is 6.92 Å². The average molecular weight is 420 g/mol. The fraction of sp³-hybridized carbons (Fsp3) is 0.143. The van der Waals surface area contributed by atoms with Crippen molar-refractivity contribution >= 4 is 40.4 Å². The molecule has 0 spiro atoms. The minimum absolute atomic E-state index is 0.227. The van der Waals surface area contributed by atoms with Crippen molar-refractivity contribution in [1.29, 1.82) is 0 Å². The number of nitrogens with zero attached hydrogens (tertiary/aromatic N) is 4. The predicted molar refractivity (Wildman–Crippen MR) is 119 cm³/mol. The van der Waals surface area contributed by atoms with Crippen LogP contribution in [0.4, 0.5) is 23.1 Å². The van der Waals surface area contributed by atoms with E-state index in [0.29, 0.717) is 17.4 Å². The molecule has 9 heteroatoms. The van der Waals surface area contributed by atoms with E-state index in [0.717, 1.165) is 22.1 Å². The number of hydrogen-bond acceptors (Lipinski definition) is 8. The largest absolute Gasteiger partial charge is 0.363 e. The van der Waals surface area contributed by atoms with Crippen molar-refractivity contribution in [2.24, 2.45) is 0 Å². The number of benzene rings is 1. The van der Waals surface area contributed by atoms with Gasteiger partial charge in [-0.1, -0.05) is 11.2 Å². The molecule has 30 heavy (non-hydrogen) atoms. The highest BCUT2D eigenvalue weighted by molar-refractivity contribution is 7.13. The van der Waals surface area contributed by atoms with Crippen molar-refractivity contribution in [2.75, 3.05) is 29.6 Å². The number of carbonyl (C=O) groups excluding carboxylic acids is 1. The van der Waals surface area contributed by atoms with Crippen LogP contribution in [0.25, 0.3) is 10.6 Å². The van der Waals surface area contributed by atoms with Crippen molar-refractivity contribution in [3.63, 3.8) is 0 Å². The van der Waals surface area contributed by atoms with Crippen molar-refractivity contribution < 1.29 is 9.32 Å². The van der Waals surface area contributed by atoms with Gasteiger partial charge in [-0.2, -0.15) is 4.98 Å². The fourth-order valence-electron chi connectivity index (χ4n) is 2.72. The van der Waals surface area contributed by atoms with Crippen molar-refractivity contribution in [2.45, 2.75) is 6.92 Å². The number of hydrogen-bond donors (Lipinski definition) is 2. The van der Waals surface area contributed by atoms with E-state index in [1.54, 1.807) is 18.2 Å². The lowest BCUT2D eigenvalue weighted by atomic mass is 10.2. The van der Waals surface area contributed by atoms with E-state index in [4.69, 9.17) is 4.52 Å². The maximum atomic E-state index is 12.4. The van der Waals surface area contributed by atoms with Gasteiger partial charge in [0.05, 0.1) is 4.88 Å². The second kappa shape index (κ2) is 8.34. The van der Waals surface area contributed by atoms with Gasteiger partial charge < -0.3 is 20.1 Å². The fourth-order valence-corrected chi connectivity index (χ4v) is 3.39. The Morgan fingerprint density at radius 1 is 1.07 bits per heavy atom. The molecule has 1 amide bonds. The predicted octanol–water partition coefficient (Wildman–Crippen LogP) is 4.56. The monoisotopic (exact) mass is 420 g/mol. The summed E-state index contributed by atoms with van der Waals surface area (Å²) in [7, 11) is 3.86. The third-order valence-corrected chi connectivity index (χ3v) is 5.09. The van der Waals surface area contributed by atoms with Crippen LogP contribution in [0.1, 0.15) is 16.2 Å². The summed E-state index contributed by atoms with van der Waals surface area (Å²) in [5.74, 6) is 1.58. The van der Waals surface area contributed by atoms with Crippen LogP contribution in [0.5, 0.6) is 0 Å². The van der Waals surface area contributed by atoms with Gasteiger partial charge in [-0.05, 0) is 42.6 Å². The molecule has 0 radical (unpaired) electrons. The van der Waals surface area contributed by atoms with Crippen LogP contribution in [-0.2, 0) is 0 Å². The molecule has 0 saturated carbocycles. The third-order valence-electron chi connectivity index (χ3n) is 4.20. The first-order chi connectivity index (χ1) is 14.5. The molecule has 2 N–H and O–H groups in total. The zero-order chi connectivity index (χ0) is 21.1. The van der Waals surface area contributed by atoms with Crippen LogP contribution >= 0.6 is 11.3 Å². The van der Waals surface area contributed by atoms with E-state index in [9.17, 15) is 4.79 Å². The maximum absolute atomic E-state index is 12.4. The van der Waals surface area contributed by atoms with Crippen molar-refractivity contribution in [1.82, 2.24) is 15.1 Å². The molecule has 0 aliphatic heterocycles. The number of anilines is 4. The Bertz CT molecular complexity index is 1150. The van der Waals surface area contributed by atoms with E-state index >= 15 is 0 Å². The summed E-state index contributed by atoms with van der Waals surface area (Å²) in [4.78, 5) is 24.2. The molecule has 0 bridgehead atoms. The molecular weight excluding hydrogens is 400 g/mol. The standard InChI is InChI=1S/C21H20N6O2S/c1-13-11-19(27(2)3)25-21(22-13)24-15-8-6-14(7-9-15)23-20(28)16-12-17(29-26-16)18-5-4-10-30-18/h4-12H,1-3H3,(H,23,28)(H,22,24,25). The van der Waals surface area contributed by atoms with Crippen LogP contribution < -0.4 is 15.5 Å². The Balaban J connectivity index is 1.42. The molecule has 4 aromatic rings. The minimum Gasteiger partial charge on any atom is -0.363 e. The highest BCUT2D eigenvalue weighted by atomic mass is 32.1.